The molecule has 1 aromatic rings. The number of piperidine rings is 1. The van der Waals surface area contributed by atoms with Crippen LogP contribution in [0.25, 0.3) is 0 Å². The first-order chi connectivity index (χ1) is 17.1. The molecule has 0 radical (unpaired) electrons. The molecule has 4 rings (SSSR count). The number of nitrogens with one attached hydrogen (secondary N) is 1. The van der Waals surface area contributed by atoms with Gasteiger partial charge in [0, 0.05) is 44.3 Å². The molecule has 0 aromatic heterocycles. The van der Waals surface area contributed by atoms with Gasteiger partial charge in [0.15, 0.2) is 0 Å². The van der Waals surface area contributed by atoms with E-state index >= 15 is 0 Å². The third kappa shape index (κ3) is 5.78. The summed E-state index contributed by atoms with van der Waals surface area (Å²) < 4.78 is 5.59. The minimum absolute atomic E-state index is 0.0259. The quantitative estimate of drug-likeness (QED) is 0.551. The highest BCUT2D eigenvalue weighted by atomic mass is 16.5. The van der Waals surface area contributed by atoms with E-state index in [1.165, 1.54) is 4.90 Å². The lowest BCUT2D eigenvalue weighted by molar-refractivity contribution is -0.126. The Balaban J connectivity index is 1.32. The van der Waals surface area contributed by atoms with Gasteiger partial charge in [0.1, 0.15) is 0 Å². The Kier molecular flexibility index (Phi) is 7.80. The predicted octanol–water partition coefficient (Wildman–Crippen LogP) is 2.02. The molecule has 3 aliphatic rings. The van der Waals surface area contributed by atoms with Crippen LogP contribution in [0.1, 0.15) is 70.6 Å². The van der Waals surface area contributed by atoms with E-state index in [1.54, 1.807) is 23.1 Å². The minimum atomic E-state index is -0.368. The molecule has 0 aliphatic carbocycles. The van der Waals surface area contributed by atoms with Gasteiger partial charge in [0.25, 0.3) is 17.7 Å². The fourth-order valence-corrected chi connectivity index (χ4v) is 5.49. The zero-order valence-electron chi connectivity index (χ0n) is 21.8. The lowest BCUT2D eigenvalue weighted by Gasteiger charge is -2.33. The predicted molar refractivity (Wildman–Crippen MR) is 135 cm³/mol. The molecule has 9 nitrogen and oxygen atoms in total. The number of likely N-dealkylation sites (tertiary alicyclic amines) is 1. The lowest BCUT2D eigenvalue weighted by atomic mass is 9.91. The van der Waals surface area contributed by atoms with Crippen LogP contribution in [0.4, 0.5) is 0 Å². The Labute approximate surface area is 213 Å². The van der Waals surface area contributed by atoms with Crippen LogP contribution in [0.15, 0.2) is 18.2 Å². The van der Waals surface area contributed by atoms with E-state index in [-0.39, 0.29) is 53.2 Å². The summed E-state index contributed by atoms with van der Waals surface area (Å²) >= 11 is 0. The molecule has 196 valence electrons. The van der Waals surface area contributed by atoms with Crippen LogP contribution >= 0.6 is 0 Å². The summed E-state index contributed by atoms with van der Waals surface area (Å²) in [7, 11) is 4.04. The number of rotatable bonds is 8. The molecule has 1 aromatic carbocycles. The molecule has 1 atom stereocenters. The Morgan fingerprint density at radius 2 is 1.78 bits per heavy atom. The fourth-order valence-electron chi connectivity index (χ4n) is 5.49. The average molecular weight is 499 g/mol. The van der Waals surface area contributed by atoms with Crippen molar-refractivity contribution in [2.24, 2.45) is 11.3 Å². The Hall–Kier alpha value is -2.78. The van der Waals surface area contributed by atoms with Gasteiger partial charge in [0.05, 0.1) is 23.8 Å². The van der Waals surface area contributed by atoms with E-state index in [2.05, 4.69) is 24.1 Å². The SMILES string of the molecule is CN(C)CC(C)(C)CNC(=O)C1CCN(C(=O)c2ccc3c(c2)C(=O)N(CC2CCCO2)C3=O)CC1. The van der Waals surface area contributed by atoms with E-state index in [4.69, 9.17) is 4.74 Å². The van der Waals surface area contributed by atoms with Gasteiger partial charge in [-0.2, -0.15) is 0 Å². The van der Waals surface area contributed by atoms with Gasteiger partial charge < -0.3 is 19.9 Å². The number of imide groups is 1. The highest BCUT2D eigenvalue weighted by Crippen LogP contribution is 2.27. The maximum absolute atomic E-state index is 13.2. The zero-order valence-corrected chi connectivity index (χ0v) is 21.8. The van der Waals surface area contributed by atoms with E-state index in [0.717, 1.165) is 19.4 Å². The highest BCUT2D eigenvalue weighted by molar-refractivity contribution is 6.22. The van der Waals surface area contributed by atoms with Crippen LogP contribution in [0, 0.1) is 11.3 Å². The molecule has 1 unspecified atom stereocenters. The summed E-state index contributed by atoms with van der Waals surface area (Å²) in [5.41, 5.74) is 0.977. The second kappa shape index (κ2) is 10.7. The summed E-state index contributed by atoms with van der Waals surface area (Å²) in [6.07, 6.45) is 2.84. The van der Waals surface area contributed by atoms with Crippen molar-refractivity contribution in [3.8, 4) is 0 Å². The van der Waals surface area contributed by atoms with Crippen LogP contribution in [-0.4, -0.2) is 97.9 Å². The minimum Gasteiger partial charge on any atom is -0.376 e. The average Bonchev–Trinajstić information content (AvgIpc) is 3.44. The third-order valence-corrected chi connectivity index (χ3v) is 7.27. The van der Waals surface area contributed by atoms with Crippen molar-refractivity contribution in [2.75, 3.05) is 53.4 Å². The summed E-state index contributed by atoms with van der Waals surface area (Å²) in [6.45, 7) is 7.60. The molecule has 9 heteroatoms. The van der Waals surface area contributed by atoms with Crippen molar-refractivity contribution in [3.05, 3.63) is 34.9 Å². The second-order valence-electron chi connectivity index (χ2n) is 11.3. The molecule has 36 heavy (non-hydrogen) atoms. The normalized spacial score (nSPS) is 20.9. The lowest BCUT2D eigenvalue weighted by Crippen LogP contribution is -2.46. The summed E-state index contributed by atoms with van der Waals surface area (Å²) in [4.78, 5) is 56.7. The number of benzene rings is 1. The molecular weight excluding hydrogens is 460 g/mol. The summed E-state index contributed by atoms with van der Waals surface area (Å²) in [5, 5.41) is 3.09. The Morgan fingerprint density at radius 3 is 2.42 bits per heavy atom. The molecule has 2 saturated heterocycles. The molecule has 2 fully saturated rings. The number of fused-ring (bicyclic) bond motifs is 1. The molecule has 1 N–H and O–H groups in total. The van der Waals surface area contributed by atoms with Gasteiger partial charge in [-0.25, -0.2) is 0 Å². The van der Waals surface area contributed by atoms with Gasteiger partial charge in [-0.1, -0.05) is 13.8 Å². The van der Waals surface area contributed by atoms with Crippen LogP contribution < -0.4 is 5.32 Å². The third-order valence-electron chi connectivity index (χ3n) is 7.27. The molecule has 0 spiro atoms. The molecule has 0 bridgehead atoms. The molecule has 0 saturated carbocycles. The van der Waals surface area contributed by atoms with Gasteiger partial charge in [-0.05, 0) is 63.4 Å². The van der Waals surface area contributed by atoms with Crippen LogP contribution in [0.3, 0.4) is 0 Å². The highest BCUT2D eigenvalue weighted by Gasteiger charge is 2.38. The second-order valence-corrected chi connectivity index (χ2v) is 11.3. The van der Waals surface area contributed by atoms with Gasteiger partial charge in [0.2, 0.25) is 5.91 Å². The molecule has 4 amide bonds. The summed E-state index contributed by atoms with van der Waals surface area (Å²) in [5.74, 6) is -0.948. The van der Waals surface area contributed by atoms with E-state index in [0.29, 0.717) is 50.2 Å². The van der Waals surface area contributed by atoms with E-state index in [9.17, 15) is 19.2 Å². The van der Waals surface area contributed by atoms with Crippen LogP contribution in [0.2, 0.25) is 0 Å². The first-order valence-corrected chi connectivity index (χ1v) is 12.9. The van der Waals surface area contributed by atoms with Crippen LogP contribution in [0.5, 0.6) is 0 Å². The number of hydrogen-bond acceptors (Lipinski definition) is 6. The van der Waals surface area contributed by atoms with Crippen molar-refractivity contribution < 1.29 is 23.9 Å². The number of ether oxygens (including phenoxy) is 1. The Bertz CT molecular complexity index is 1020. The standard InChI is InChI=1S/C27H38N4O5/c1-27(2,17-29(3)4)16-28-23(32)18-9-11-30(12-10-18)24(33)19-7-8-21-22(14-19)26(35)31(25(21)34)15-20-6-5-13-36-20/h7-8,14,18,20H,5-6,9-13,15-17H2,1-4H3,(H,28,32). The van der Waals surface area contributed by atoms with Crippen molar-refractivity contribution in [3.63, 3.8) is 0 Å². The number of nitrogens with zero attached hydrogens (tertiary/aromatic N) is 3. The van der Waals surface area contributed by atoms with Gasteiger partial charge >= 0.3 is 0 Å². The fraction of sp³-hybridized carbons (Fsp3) is 0.630. The molecule has 3 heterocycles. The van der Waals surface area contributed by atoms with E-state index in [1.807, 2.05) is 14.1 Å². The van der Waals surface area contributed by atoms with Gasteiger partial charge in [-0.3, -0.25) is 24.1 Å². The monoisotopic (exact) mass is 498 g/mol. The maximum atomic E-state index is 13.2. The molecular formula is C27H38N4O5. The smallest absolute Gasteiger partial charge is 0.261 e. The number of carbonyl (C=O) groups is 4. The van der Waals surface area contributed by atoms with Gasteiger partial charge in [-0.15, -0.1) is 0 Å². The maximum Gasteiger partial charge on any atom is 0.261 e. The van der Waals surface area contributed by atoms with Crippen LogP contribution in [-0.2, 0) is 9.53 Å². The molecule has 3 aliphatic heterocycles. The Morgan fingerprint density at radius 1 is 1.08 bits per heavy atom. The van der Waals surface area contributed by atoms with Crippen molar-refractivity contribution in [2.45, 2.75) is 45.6 Å². The number of carbonyl (C=O) groups excluding carboxylic acids is 4. The topological polar surface area (TPSA) is 99.3 Å². The first-order valence-electron chi connectivity index (χ1n) is 12.9. The number of hydrogen-bond donors (Lipinski definition) is 1. The first kappa shape index (κ1) is 26.3. The largest absolute Gasteiger partial charge is 0.376 e. The summed E-state index contributed by atoms with van der Waals surface area (Å²) in [6, 6.07) is 4.74. The van der Waals surface area contributed by atoms with E-state index < -0.39 is 0 Å². The van der Waals surface area contributed by atoms with Crippen molar-refractivity contribution >= 4 is 23.6 Å². The van der Waals surface area contributed by atoms with Crippen molar-refractivity contribution in [1.29, 1.82) is 0 Å². The zero-order chi connectivity index (χ0) is 26.0. The van der Waals surface area contributed by atoms with Crippen molar-refractivity contribution in [1.82, 2.24) is 20.0 Å². The number of amides is 4.